The normalized spacial score (nSPS) is 25.1. The number of rotatable bonds is 3. The van der Waals surface area contributed by atoms with Crippen LogP contribution in [0.3, 0.4) is 0 Å². The van der Waals surface area contributed by atoms with Crippen molar-refractivity contribution in [2.75, 3.05) is 18.8 Å². The van der Waals surface area contributed by atoms with E-state index in [2.05, 4.69) is 0 Å². The predicted molar refractivity (Wildman–Crippen MR) is 77.1 cm³/mol. The van der Waals surface area contributed by atoms with E-state index in [0.717, 1.165) is 38.5 Å². The number of nitrogens with zero attached hydrogens (tertiary/aromatic N) is 1. The maximum absolute atomic E-state index is 12.1. The molecular weight excluding hydrogens is 288 g/mol. The Labute approximate surface area is 121 Å². The molecule has 2 fully saturated rings. The summed E-state index contributed by atoms with van der Waals surface area (Å²) in [4.78, 5) is 13.6. The molecule has 1 saturated carbocycles. The first-order valence-electron chi connectivity index (χ1n) is 6.74. The van der Waals surface area contributed by atoms with E-state index >= 15 is 0 Å². The number of carbonyl (C=O) groups is 1. The average Bonchev–Trinajstić information content (AvgIpc) is 2.82. The molecule has 0 aromatic rings. The lowest BCUT2D eigenvalue weighted by Crippen LogP contribution is -2.48. The van der Waals surface area contributed by atoms with Crippen LogP contribution in [0.5, 0.6) is 0 Å². The molecule has 0 radical (unpaired) electrons. The zero-order chi connectivity index (χ0) is 13.2. The maximum atomic E-state index is 12.1. The van der Waals surface area contributed by atoms with Gasteiger partial charge in [-0.1, -0.05) is 12.8 Å². The number of amides is 1. The van der Waals surface area contributed by atoms with E-state index < -0.39 is 9.84 Å². The van der Waals surface area contributed by atoms with Crippen molar-refractivity contribution in [2.24, 2.45) is 5.73 Å². The van der Waals surface area contributed by atoms with Crippen molar-refractivity contribution in [1.29, 1.82) is 0 Å². The molecule has 1 unspecified atom stereocenters. The van der Waals surface area contributed by atoms with Crippen LogP contribution in [0.2, 0.25) is 0 Å². The number of halogens is 1. The minimum absolute atomic E-state index is 0. The molecule has 0 spiro atoms. The fourth-order valence-electron chi connectivity index (χ4n) is 2.87. The zero-order valence-corrected chi connectivity index (χ0v) is 12.7. The monoisotopic (exact) mass is 310 g/mol. The number of hydrogen-bond acceptors (Lipinski definition) is 4. The second-order valence-corrected chi connectivity index (χ2v) is 7.74. The Morgan fingerprint density at radius 2 is 1.79 bits per heavy atom. The smallest absolute Gasteiger partial charge is 0.237 e. The third kappa shape index (κ3) is 4.33. The Morgan fingerprint density at radius 3 is 2.37 bits per heavy atom. The molecule has 1 heterocycles. The van der Waals surface area contributed by atoms with Crippen molar-refractivity contribution in [3.63, 3.8) is 0 Å². The highest BCUT2D eigenvalue weighted by Gasteiger charge is 2.32. The highest BCUT2D eigenvalue weighted by atomic mass is 35.5. The fourth-order valence-corrected chi connectivity index (χ4v) is 4.68. The number of hydrogen-bond donors (Lipinski definition) is 1. The van der Waals surface area contributed by atoms with Crippen molar-refractivity contribution < 1.29 is 13.2 Å². The topological polar surface area (TPSA) is 80.5 Å². The first kappa shape index (κ1) is 16.7. The molecule has 19 heavy (non-hydrogen) atoms. The molecule has 5 nitrogen and oxygen atoms in total. The van der Waals surface area contributed by atoms with E-state index in [1.807, 2.05) is 0 Å². The summed E-state index contributed by atoms with van der Waals surface area (Å²) in [5.74, 6) is -0.596. The highest BCUT2D eigenvalue weighted by molar-refractivity contribution is 7.92. The standard InChI is InChI=1S/C12H22N2O3S.ClH/c13-10-4-3-7-14(8-10)12(15)9-18(16,17)11-5-1-2-6-11;/h10-11H,1-9,13H2;1H. The maximum Gasteiger partial charge on any atom is 0.237 e. The van der Waals surface area contributed by atoms with Crippen LogP contribution in [-0.4, -0.2) is 49.4 Å². The van der Waals surface area contributed by atoms with Crippen LogP contribution < -0.4 is 5.73 Å². The van der Waals surface area contributed by atoms with Crippen LogP contribution in [0, 0.1) is 0 Å². The Hall–Kier alpha value is -0.330. The second kappa shape index (κ2) is 6.90. The van der Waals surface area contributed by atoms with E-state index in [1.54, 1.807) is 4.90 Å². The van der Waals surface area contributed by atoms with Gasteiger partial charge in [-0.25, -0.2) is 8.42 Å². The first-order valence-corrected chi connectivity index (χ1v) is 8.45. The Bertz CT molecular complexity index is 407. The van der Waals surface area contributed by atoms with Crippen LogP contribution >= 0.6 is 12.4 Å². The van der Waals surface area contributed by atoms with Gasteiger partial charge in [0.1, 0.15) is 5.75 Å². The number of carbonyl (C=O) groups excluding carboxylic acids is 1. The molecule has 1 atom stereocenters. The van der Waals surface area contributed by atoms with E-state index in [4.69, 9.17) is 5.73 Å². The Morgan fingerprint density at radius 1 is 1.16 bits per heavy atom. The lowest BCUT2D eigenvalue weighted by atomic mass is 10.1. The lowest BCUT2D eigenvalue weighted by Gasteiger charge is -2.31. The van der Waals surface area contributed by atoms with Gasteiger partial charge in [0.25, 0.3) is 0 Å². The third-order valence-corrected chi connectivity index (χ3v) is 6.08. The second-order valence-electron chi connectivity index (χ2n) is 5.46. The van der Waals surface area contributed by atoms with Gasteiger partial charge in [-0.2, -0.15) is 0 Å². The molecule has 1 aliphatic carbocycles. The molecule has 112 valence electrons. The quantitative estimate of drug-likeness (QED) is 0.832. The van der Waals surface area contributed by atoms with E-state index in [0.29, 0.717) is 13.1 Å². The summed E-state index contributed by atoms with van der Waals surface area (Å²) in [7, 11) is -3.26. The summed E-state index contributed by atoms with van der Waals surface area (Å²) in [6.45, 7) is 1.14. The van der Waals surface area contributed by atoms with Gasteiger partial charge < -0.3 is 10.6 Å². The average molecular weight is 311 g/mol. The van der Waals surface area contributed by atoms with Crippen LogP contribution in [0.15, 0.2) is 0 Å². The summed E-state index contributed by atoms with van der Waals surface area (Å²) >= 11 is 0. The molecule has 0 aromatic heterocycles. The van der Waals surface area contributed by atoms with E-state index in [9.17, 15) is 13.2 Å². The molecular formula is C12H23ClN2O3S. The Kier molecular flexibility index (Phi) is 6.08. The molecule has 7 heteroatoms. The van der Waals surface area contributed by atoms with Gasteiger partial charge in [-0.3, -0.25) is 4.79 Å². The molecule has 1 saturated heterocycles. The van der Waals surface area contributed by atoms with Crippen LogP contribution in [0.25, 0.3) is 0 Å². The van der Waals surface area contributed by atoms with E-state index in [1.165, 1.54) is 0 Å². The van der Waals surface area contributed by atoms with Gasteiger partial charge in [-0.15, -0.1) is 12.4 Å². The molecule has 0 bridgehead atoms. The van der Waals surface area contributed by atoms with Crippen LogP contribution in [0.4, 0.5) is 0 Å². The third-order valence-electron chi connectivity index (χ3n) is 3.95. The summed E-state index contributed by atoms with van der Waals surface area (Å²) in [6.07, 6.45) is 5.15. The summed E-state index contributed by atoms with van der Waals surface area (Å²) in [5.41, 5.74) is 5.81. The van der Waals surface area contributed by atoms with Crippen molar-refractivity contribution in [3.8, 4) is 0 Å². The van der Waals surface area contributed by atoms with Gasteiger partial charge in [0, 0.05) is 19.1 Å². The summed E-state index contributed by atoms with van der Waals surface area (Å²) < 4.78 is 24.2. The summed E-state index contributed by atoms with van der Waals surface area (Å²) in [6, 6.07) is -0.00288. The zero-order valence-electron chi connectivity index (χ0n) is 11.1. The van der Waals surface area contributed by atoms with Crippen LogP contribution in [-0.2, 0) is 14.6 Å². The lowest BCUT2D eigenvalue weighted by molar-refractivity contribution is -0.129. The summed E-state index contributed by atoms with van der Waals surface area (Å²) in [5, 5.41) is -0.292. The van der Waals surface area contributed by atoms with E-state index in [-0.39, 0.29) is 35.4 Å². The molecule has 2 rings (SSSR count). The van der Waals surface area contributed by atoms with Gasteiger partial charge in [-0.05, 0) is 25.7 Å². The minimum atomic E-state index is -3.26. The van der Waals surface area contributed by atoms with Gasteiger partial charge in [0.2, 0.25) is 5.91 Å². The fraction of sp³-hybridized carbons (Fsp3) is 0.917. The van der Waals surface area contributed by atoms with Gasteiger partial charge >= 0.3 is 0 Å². The largest absolute Gasteiger partial charge is 0.340 e. The van der Waals surface area contributed by atoms with Gasteiger partial charge in [0.05, 0.1) is 5.25 Å². The highest BCUT2D eigenvalue weighted by Crippen LogP contribution is 2.25. The predicted octanol–water partition coefficient (Wildman–Crippen LogP) is 0.715. The molecule has 1 aliphatic heterocycles. The van der Waals surface area contributed by atoms with Gasteiger partial charge in [0.15, 0.2) is 9.84 Å². The number of sulfone groups is 1. The van der Waals surface area contributed by atoms with Crippen LogP contribution in [0.1, 0.15) is 38.5 Å². The van der Waals surface area contributed by atoms with Crippen molar-refractivity contribution in [2.45, 2.75) is 49.8 Å². The molecule has 2 aliphatic rings. The first-order chi connectivity index (χ1) is 8.49. The number of nitrogens with two attached hydrogens (primary N) is 1. The Balaban J connectivity index is 0.00000180. The molecule has 1 amide bonds. The van der Waals surface area contributed by atoms with Crippen molar-refractivity contribution in [3.05, 3.63) is 0 Å². The molecule has 0 aromatic carbocycles. The number of piperidine rings is 1. The molecule has 2 N–H and O–H groups in total. The minimum Gasteiger partial charge on any atom is -0.340 e. The van der Waals surface area contributed by atoms with Crippen molar-refractivity contribution >= 4 is 28.2 Å². The van der Waals surface area contributed by atoms with Crippen molar-refractivity contribution in [1.82, 2.24) is 4.90 Å². The number of likely N-dealkylation sites (tertiary alicyclic amines) is 1. The SMILES string of the molecule is Cl.NC1CCCN(C(=O)CS(=O)(=O)C2CCCC2)C1.